The summed E-state index contributed by atoms with van der Waals surface area (Å²) in [4.78, 5) is 97.6. The molecule has 2 fully saturated rings. The molecule has 29 nitrogen and oxygen atoms in total. The summed E-state index contributed by atoms with van der Waals surface area (Å²) in [6.45, 7) is 4.08. The fraction of sp³-hybridized carbons (Fsp3) is 0.604. The van der Waals surface area contributed by atoms with Crippen molar-refractivity contribution in [3.63, 3.8) is 0 Å². The number of aliphatic hydroxyl groups is 8. The van der Waals surface area contributed by atoms with Gasteiger partial charge in [-0.3, -0.25) is 4.79 Å². The van der Waals surface area contributed by atoms with Crippen LogP contribution in [0.3, 0.4) is 0 Å². The molecular formula is C48H70N6O23. The minimum atomic E-state index is -1.84. The number of carbonyl (C=O) groups is 7. The molecule has 0 aromatic heterocycles. The summed E-state index contributed by atoms with van der Waals surface area (Å²) < 4.78 is 42.6. The second-order valence-electron chi connectivity index (χ2n) is 18.6. The number of hydrogen-bond acceptors (Lipinski definition) is 23. The van der Waals surface area contributed by atoms with Crippen LogP contribution in [0.15, 0.2) is 47.6 Å². The highest BCUT2D eigenvalue weighted by Crippen LogP contribution is 2.30. The molecule has 8 N–H and O–H groups in total. The number of benzene rings is 1. The van der Waals surface area contributed by atoms with Crippen LogP contribution in [0.1, 0.15) is 23.6 Å². The molecule has 2 heterocycles. The number of amides is 6. The van der Waals surface area contributed by atoms with Crippen molar-refractivity contribution in [3.8, 4) is 5.75 Å². The molecule has 0 saturated carbocycles. The average molecular weight is 1100 g/mol. The standard InChI is InChI=1S/C48H70N6O23/c1-25-16-27(3)33(55)28(17-25)20-70-43(64)51(6)14-15-54(9)48(69)77-40-29(21-71-44(65)49(4)10-12-52(7)46(67)73-23-31-34(56)36(58)38(60)41(62)75-31)18-26(2)19-30(40)22-72-45(66)50(5)11-13-53(8)47(68)74-24-32-35(57)37(59)39(61)42(63)76-32/h16-19,31-32,34-39,41-42,56-63H,3,10-15,20-24H2,1-2,4-9H3/t31?,32?,34-,35-,36+,37+,38?,39?,41?,42?/m1/s1. The first-order chi connectivity index (χ1) is 36.1. The Labute approximate surface area is 443 Å². The Bertz CT molecular complexity index is 2250. The summed E-state index contributed by atoms with van der Waals surface area (Å²) in [5.41, 5.74) is 2.10. The topological polar surface area (TPSA) is 375 Å². The molecule has 6 unspecified atom stereocenters. The maximum atomic E-state index is 13.7. The van der Waals surface area contributed by atoms with Gasteiger partial charge in [-0.05, 0) is 43.7 Å². The lowest BCUT2D eigenvalue weighted by Gasteiger charge is -2.38. The second-order valence-corrected chi connectivity index (χ2v) is 18.6. The Morgan fingerprint density at radius 1 is 0.494 bits per heavy atom. The molecule has 3 aliphatic rings. The first-order valence-electron chi connectivity index (χ1n) is 23.9. The largest absolute Gasteiger partial charge is 0.447 e. The molecule has 1 aliphatic carbocycles. The predicted molar refractivity (Wildman–Crippen MR) is 261 cm³/mol. The Kier molecular flexibility index (Phi) is 23.4. The molecule has 2 saturated heterocycles. The van der Waals surface area contributed by atoms with Gasteiger partial charge in [0.25, 0.3) is 0 Å². The van der Waals surface area contributed by atoms with Gasteiger partial charge in [0.05, 0.1) is 0 Å². The normalized spacial score (nSPS) is 24.1. The number of Topliss-reactive ketones (excluding diaryl/α,β-unsaturated/α-hetero) is 1. The lowest BCUT2D eigenvalue weighted by molar-refractivity contribution is -0.286. The third kappa shape index (κ3) is 17.7. The number of ketones is 1. The van der Waals surface area contributed by atoms with E-state index in [0.29, 0.717) is 5.56 Å². The summed E-state index contributed by atoms with van der Waals surface area (Å²) in [7, 11) is 8.22. The Balaban J connectivity index is 1.39. The molecular weight excluding hydrogens is 1030 g/mol. The van der Waals surface area contributed by atoms with E-state index in [9.17, 15) is 74.4 Å². The first kappa shape index (κ1) is 62.9. The zero-order valence-corrected chi connectivity index (χ0v) is 44.0. The van der Waals surface area contributed by atoms with Gasteiger partial charge in [-0.1, -0.05) is 12.1 Å². The zero-order chi connectivity index (χ0) is 57.6. The van der Waals surface area contributed by atoms with Crippen LogP contribution in [0.25, 0.3) is 0 Å². The van der Waals surface area contributed by atoms with Gasteiger partial charge >= 0.3 is 36.6 Å². The average Bonchev–Trinajstić information content (AvgIpc) is 3.39. The van der Waals surface area contributed by atoms with E-state index in [4.69, 9.17) is 37.9 Å². The van der Waals surface area contributed by atoms with E-state index in [0.717, 1.165) is 30.1 Å². The van der Waals surface area contributed by atoms with Gasteiger partial charge in [0.1, 0.15) is 87.6 Å². The van der Waals surface area contributed by atoms with Crippen LogP contribution in [0.4, 0.5) is 28.8 Å². The van der Waals surface area contributed by atoms with Crippen molar-refractivity contribution in [2.75, 3.05) is 101 Å². The molecule has 0 spiro atoms. The number of allylic oxidation sites excluding steroid dienone is 4. The molecule has 29 heteroatoms. The molecule has 1 aromatic rings. The van der Waals surface area contributed by atoms with Gasteiger partial charge in [-0.25, -0.2) is 28.8 Å². The van der Waals surface area contributed by atoms with E-state index in [1.807, 2.05) is 0 Å². The van der Waals surface area contributed by atoms with Crippen molar-refractivity contribution < 1.29 is 112 Å². The number of rotatable bonds is 20. The smallest absolute Gasteiger partial charge is 0.415 e. The van der Waals surface area contributed by atoms with Crippen molar-refractivity contribution in [1.29, 1.82) is 0 Å². The van der Waals surface area contributed by atoms with Gasteiger partial charge in [0.2, 0.25) is 0 Å². The fourth-order valence-corrected chi connectivity index (χ4v) is 7.34. The van der Waals surface area contributed by atoms with Crippen LogP contribution >= 0.6 is 0 Å². The predicted octanol–water partition coefficient (Wildman–Crippen LogP) is -1.62. The van der Waals surface area contributed by atoms with E-state index in [1.165, 1.54) is 47.2 Å². The molecule has 1 aromatic carbocycles. The zero-order valence-electron chi connectivity index (χ0n) is 44.0. The molecule has 2 aliphatic heterocycles. The minimum absolute atomic E-state index is 0.0565. The van der Waals surface area contributed by atoms with Crippen molar-refractivity contribution in [2.45, 2.75) is 88.5 Å². The fourth-order valence-electron chi connectivity index (χ4n) is 7.34. The third-order valence-corrected chi connectivity index (χ3v) is 12.3. The highest BCUT2D eigenvalue weighted by molar-refractivity contribution is 6.11. The van der Waals surface area contributed by atoms with Gasteiger partial charge in [0.15, 0.2) is 18.4 Å². The number of likely N-dealkylation sites (N-methyl/N-ethyl adjacent to an activating group) is 6. The Morgan fingerprint density at radius 2 is 0.831 bits per heavy atom. The van der Waals surface area contributed by atoms with Crippen molar-refractivity contribution >= 4 is 42.3 Å². The van der Waals surface area contributed by atoms with Crippen LogP contribution in [0.2, 0.25) is 0 Å². The van der Waals surface area contributed by atoms with E-state index in [1.54, 1.807) is 38.1 Å². The first-order valence-corrected chi connectivity index (χ1v) is 23.9. The molecule has 0 radical (unpaired) electrons. The lowest BCUT2D eigenvalue weighted by atomic mass is 9.96. The van der Waals surface area contributed by atoms with E-state index in [-0.39, 0.29) is 79.7 Å². The quantitative estimate of drug-likeness (QED) is 0.0537. The number of aryl methyl sites for hydroxylation is 1. The highest BCUT2D eigenvalue weighted by Gasteiger charge is 2.45. The lowest BCUT2D eigenvalue weighted by Crippen LogP contribution is -2.58. The van der Waals surface area contributed by atoms with Crippen LogP contribution in [0, 0.1) is 6.92 Å². The monoisotopic (exact) mass is 1100 g/mol. The van der Waals surface area contributed by atoms with Gasteiger partial charge in [-0.15, -0.1) is 0 Å². The summed E-state index contributed by atoms with van der Waals surface area (Å²) in [6, 6.07) is 3.10. The molecule has 77 heavy (non-hydrogen) atoms. The third-order valence-electron chi connectivity index (χ3n) is 12.3. The highest BCUT2D eigenvalue weighted by atomic mass is 16.7. The van der Waals surface area contributed by atoms with Crippen LogP contribution in [-0.2, 0) is 51.2 Å². The van der Waals surface area contributed by atoms with Gasteiger partial charge in [0, 0.05) is 104 Å². The van der Waals surface area contributed by atoms with E-state index < -0.39 is 124 Å². The number of hydrogen-bond donors (Lipinski definition) is 8. The van der Waals surface area contributed by atoms with Gasteiger partial charge in [-0.2, -0.15) is 0 Å². The van der Waals surface area contributed by atoms with Crippen LogP contribution < -0.4 is 4.74 Å². The number of aliphatic hydroxyl groups excluding tert-OH is 8. The molecule has 0 bridgehead atoms. The number of nitrogens with zero attached hydrogens (tertiary/aromatic N) is 6. The summed E-state index contributed by atoms with van der Waals surface area (Å²) in [6.07, 6.45) is -19.0. The Morgan fingerprint density at radius 3 is 1.21 bits per heavy atom. The molecule has 4 rings (SSSR count). The molecule has 430 valence electrons. The minimum Gasteiger partial charge on any atom is -0.447 e. The van der Waals surface area contributed by atoms with Crippen LogP contribution in [0.5, 0.6) is 5.75 Å². The SMILES string of the molecule is C=C1C=C(C)C=C(COC(=O)N(C)CCN(C)C(=O)Oc2c(COC(=O)N(C)CCN(C)C(=O)OCC3OC(O)C(O)[C@@H](O)[C@@H]3O)cc(C)cc2COC(=O)N(C)CCN(C)C(=O)OCC2OC(O)C(O)[C@@H](O)[C@@H]2O)C1=O. The number of ether oxygens (including phenoxy) is 8. The second kappa shape index (κ2) is 28.6. The summed E-state index contributed by atoms with van der Waals surface area (Å²) >= 11 is 0. The molecule has 10 atom stereocenters. The van der Waals surface area contributed by atoms with Crippen molar-refractivity contribution in [3.05, 3.63) is 64.3 Å². The summed E-state index contributed by atoms with van der Waals surface area (Å²) in [5.74, 6) is -0.519. The Hall–Kier alpha value is -6.67. The van der Waals surface area contributed by atoms with E-state index in [2.05, 4.69) is 6.58 Å². The van der Waals surface area contributed by atoms with Crippen molar-refractivity contribution in [1.82, 2.24) is 29.4 Å². The van der Waals surface area contributed by atoms with E-state index >= 15 is 0 Å². The maximum Gasteiger partial charge on any atom is 0.415 e. The maximum absolute atomic E-state index is 13.7. The summed E-state index contributed by atoms with van der Waals surface area (Å²) in [5, 5.41) is 79.0. The van der Waals surface area contributed by atoms with Crippen LogP contribution in [-0.4, -0.2) is 275 Å². The molecule has 6 amide bonds. The van der Waals surface area contributed by atoms with Gasteiger partial charge < -0.3 is 108 Å². The number of carbonyl (C=O) groups excluding carboxylic acids is 7. The van der Waals surface area contributed by atoms with Crippen molar-refractivity contribution in [2.24, 2.45) is 0 Å².